The summed E-state index contributed by atoms with van der Waals surface area (Å²) in [6.45, 7) is 4.70. The predicted molar refractivity (Wildman–Crippen MR) is 183 cm³/mol. The van der Waals surface area contributed by atoms with E-state index >= 15 is 0 Å². The first-order valence-corrected chi connectivity index (χ1v) is 18.3. The van der Waals surface area contributed by atoms with Crippen LogP contribution in [0.1, 0.15) is 9.68 Å². The van der Waals surface area contributed by atoms with E-state index in [-0.39, 0.29) is 31.5 Å². The standard InChI is InChI=1S/C24H15FNS.C14H16NSi.Ir/c1-15-12-22(26-14-21(15)16-6-3-2-4-7-16)20-9-5-8-19-18-11-10-17(25)13-23(18)27-24(19)20;1-16(2,3)13-9-10-14(15-11-13)12-7-5-4-6-8-12;/h2-8,10-14H,1H3;4-7,9-11H,1-3H3;/q2*-1;/i1D3;;. The van der Waals surface area contributed by atoms with Crippen molar-refractivity contribution < 1.29 is 28.6 Å². The molecule has 0 fully saturated rings. The van der Waals surface area contributed by atoms with E-state index in [0.29, 0.717) is 11.3 Å². The molecule has 221 valence electrons. The van der Waals surface area contributed by atoms with Crippen molar-refractivity contribution in [3.8, 4) is 33.6 Å². The summed E-state index contributed by atoms with van der Waals surface area (Å²) in [7, 11) is -1.23. The molecule has 4 aromatic carbocycles. The molecule has 1 radical (unpaired) electrons. The van der Waals surface area contributed by atoms with E-state index in [9.17, 15) is 4.39 Å². The number of rotatable bonds is 4. The molecule has 0 amide bonds. The molecule has 3 heterocycles. The van der Waals surface area contributed by atoms with E-state index in [2.05, 4.69) is 53.9 Å². The zero-order valence-corrected chi connectivity index (χ0v) is 28.7. The molecule has 2 nitrogen and oxygen atoms in total. The Morgan fingerprint density at radius 1 is 0.773 bits per heavy atom. The van der Waals surface area contributed by atoms with Gasteiger partial charge in [0.1, 0.15) is 5.82 Å². The van der Waals surface area contributed by atoms with E-state index in [4.69, 9.17) is 4.11 Å². The van der Waals surface area contributed by atoms with Crippen LogP contribution in [-0.4, -0.2) is 18.0 Å². The smallest absolute Gasteiger partial charge is 0.124 e. The van der Waals surface area contributed by atoms with Crippen LogP contribution in [0, 0.1) is 24.8 Å². The molecule has 0 N–H and O–H groups in total. The number of nitrogens with zero attached hydrogens (tertiary/aromatic N) is 2. The zero-order chi connectivity index (χ0) is 32.5. The van der Waals surface area contributed by atoms with Crippen LogP contribution < -0.4 is 5.19 Å². The first kappa shape index (κ1) is 27.7. The van der Waals surface area contributed by atoms with Crippen LogP contribution in [0.2, 0.25) is 19.6 Å². The predicted octanol–water partition coefficient (Wildman–Crippen LogP) is 10.1. The van der Waals surface area contributed by atoms with E-state index in [1.165, 1.54) is 28.7 Å². The quantitative estimate of drug-likeness (QED) is 0.131. The third-order valence-electron chi connectivity index (χ3n) is 7.25. The normalized spacial score (nSPS) is 12.4. The minimum absolute atomic E-state index is 0. The van der Waals surface area contributed by atoms with E-state index in [1.807, 2.05) is 66.9 Å². The number of aromatic nitrogens is 2. The van der Waals surface area contributed by atoms with Gasteiger partial charge >= 0.3 is 0 Å². The number of hydrogen-bond donors (Lipinski definition) is 0. The molecule has 0 saturated heterocycles. The van der Waals surface area contributed by atoms with Crippen LogP contribution in [0.25, 0.3) is 53.8 Å². The summed E-state index contributed by atoms with van der Waals surface area (Å²) < 4.78 is 39.6. The largest absolute Gasteiger partial charge is 0.305 e. The van der Waals surface area contributed by atoms with Crippen LogP contribution in [0.3, 0.4) is 0 Å². The van der Waals surface area contributed by atoms with Gasteiger partial charge in [-0.2, -0.15) is 11.3 Å². The Morgan fingerprint density at radius 3 is 2.27 bits per heavy atom. The van der Waals surface area contributed by atoms with Gasteiger partial charge in [-0.25, -0.2) is 4.39 Å². The number of fused-ring (bicyclic) bond motifs is 3. The van der Waals surface area contributed by atoms with Gasteiger partial charge in [-0.3, -0.25) is 0 Å². The first-order chi connectivity index (χ1) is 22.0. The maximum absolute atomic E-state index is 13.7. The average Bonchev–Trinajstić information content (AvgIpc) is 3.43. The van der Waals surface area contributed by atoms with Gasteiger partial charge in [0, 0.05) is 46.9 Å². The number of pyridine rings is 2. The van der Waals surface area contributed by atoms with Gasteiger partial charge in [0.25, 0.3) is 0 Å². The van der Waals surface area contributed by atoms with Crippen molar-refractivity contribution >= 4 is 44.8 Å². The molecule has 7 aromatic rings. The number of benzene rings is 4. The molecule has 0 aliphatic carbocycles. The van der Waals surface area contributed by atoms with Crippen molar-refractivity contribution in [3.05, 3.63) is 139 Å². The van der Waals surface area contributed by atoms with Gasteiger partial charge < -0.3 is 9.97 Å². The Hall–Kier alpha value is -3.80. The molecule has 7 rings (SSSR count). The first-order valence-electron chi connectivity index (χ1n) is 15.5. The third kappa shape index (κ3) is 6.79. The number of halogens is 1. The molecule has 0 spiro atoms. The monoisotopic (exact) mass is 790 g/mol. The topological polar surface area (TPSA) is 25.8 Å². The summed E-state index contributed by atoms with van der Waals surface area (Å²) in [5, 5.41) is 3.34. The summed E-state index contributed by atoms with van der Waals surface area (Å²) >= 11 is 1.46. The van der Waals surface area contributed by atoms with E-state index in [1.54, 1.807) is 24.4 Å². The summed E-state index contributed by atoms with van der Waals surface area (Å²) in [4.78, 5) is 9.11. The minimum Gasteiger partial charge on any atom is -0.305 e. The second-order valence-electron chi connectivity index (χ2n) is 11.3. The number of thiophene rings is 1. The van der Waals surface area contributed by atoms with Crippen molar-refractivity contribution in [1.82, 2.24) is 9.97 Å². The number of hydrogen-bond acceptors (Lipinski definition) is 3. The molecule has 0 unspecified atom stereocenters. The van der Waals surface area contributed by atoms with Crippen LogP contribution in [0.5, 0.6) is 0 Å². The fourth-order valence-corrected chi connectivity index (χ4v) is 7.16. The van der Waals surface area contributed by atoms with Crippen molar-refractivity contribution in [2.45, 2.75) is 26.5 Å². The van der Waals surface area contributed by atoms with Gasteiger partial charge in [-0.05, 0) is 56.8 Å². The zero-order valence-electron chi connectivity index (χ0n) is 27.5. The molecule has 0 aliphatic heterocycles. The molecule has 0 saturated carbocycles. The number of aryl methyl sites for hydroxylation is 1. The Balaban J connectivity index is 0.000000217. The van der Waals surface area contributed by atoms with Crippen LogP contribution in [0.4, 0.5) is 4.39 Å². The van der Waals surface area contributed by atoms with Crippen molar-refractivity contribution in [2.24, 2.45) is 0 Å². The molecule has 0 bridgehead atoms. The maximum atomic E-state index is 13.7. The van der Waals surface area contributed by atoms with Crippen LogP contribution in [-0.2, 0) is 20.1 Å². The summed E-state index contributed by atoms with van der Waals surface area (Å²) in [5.74, 6) is -0.283. The van der Waals surface area contributed by atoms with Crippen molar-refractivity contribution in [2.75, 3.05) is 0 Å². The Bertz CT molecular complexity index is 2130. The molecular formula is C38H31FIrN2SSi-2. The summed E-state index contributed by atoms with van der Waals surface area (Å²) in [6, 6.07) is 38.1. The van der Waals surface area contributed by atoms with Gasteiger partial charge in [0.05, 0.1) is 8.07 Å². The Kier molecular flexibility index (Phi) is 8.48. The SMILES string of the molecule is C[Si](C)(C)c1ccc(-c2[c-]cccc2)nc1.[2H]C([2H])([2H])c1cc(-c2[c-]ccc3c2sc2cc(F)ccc23)ncc1-c1ccccc1.[Ir]. The molecule has 0 atom stereocenters. The Labute approximate surface area is 281 Å². The van der Waals surface area contributed by atoms with Gasteiger partial charge in [-0.15, -0.1) is 59.7 Å². The molecule has 6 heteroatoms. The van der Waals surface area contributed by atoms with Crippen LogP contribution >= 0.6 is 11.3 Å². The second kappa shape index (κ2) is 13.5. The fraction of sp³-hybridized carbons (Fsp3) is 0.105. The average molecular weight is 790 g/mol. The maximum Gasteiger partial charge on any atom is 0.124 e. The molecule has 3 aromatic heterocycles. The van der Waals surface area contributed by atoms with Gasteiger partial charge in [0.2, 0.25) is 0 Å². The van der Waals surface area contributed by atoms with Gasteiger partial charge in [0.15, 0.2) is 0 Å². The minimum atomic E-state index is -2.29. The van der Waals surface area contributed by atoms with Crippen molar-refractivity contribution in [1.29, 1.82) is 0 Å². The molecule has 44 heavy (non-hydrogen) atoms. The van der Waals surface area contributed by atoms with E-state index < -0.39 is 14.9 Å². The molecule has 0 aliphatic rings. The molecular weight excluding hydrogens is 756 g/mol. The van der Waals surface area contributed by atoms with Crippen molar-refractivity contribution in [3.63, 3.8) is 0 Å². The van der Waals surface area contributed by atoms with Gasteiger partial charge in [-0.1, -0.05) is 79.6 Å². The fourth-order valence-electron chi connectivity index (χ4n) is 4.90. The summed E-state index contributed by atoms with van der Waals surface area (Å²) in [6.07, 6.45) is 3.63. The third-order valence-corrected chi connectivity index (χ3v) is 10.5. The second-order valence-corrected chi connectivity index (χ2v) is 17.4. The summed E-state index contributed by atoms with van der Waals surface area (Å²) in [5.41, 5.74) is 4.97. The Morgan fingerprint density at radius 2 is 1.57 bits per heavy atom. The van der Waals surface area contributed by atoms with Crippen LogP contribution in [0.15, 0.2) is 116 Å². The van der Waals surface area contributed by atoms with E-state index in [0.717, 1.165) is 42.6 Å².